The van der Waals surface area contributed by atoms with Crippen LogP contribution in [0.2, 0.25) is 0 Å². The predicted octanol–water partition coefficient (Wildman–Crippen LogP) is 5.93. The number of furan rings is 1. The Morgan fingerprint density at radius 3 is 2.41 bits per heavy atom. The second-order valence-electron chi connectivity index (χ2n) is 5.88. The Hall–Kier alpha value is -2.22. The van der Waals surface area contributed by atoms with Crippen LogP contribution in [0.25, 0.3) is 22.1 Å². The van der Waals surface area contributed by atoms with E-state index in [-0.39, 0.29) is 0 Å². The number of fused-ring (bicyclic) bond motifs is 1. The Kier molecular flexibility index (Phi) is 3.93. The van der Waals surface area contributed by atoms with Gasteiger partial charge in [0, 0.05) is 5.39 Å². The zero-order valence-corrected chi connectivity index (χ0v) is 13.6. The summed E-state index contributed by atoms with van der Waals surface area (Å²) in [5.74, 6) is 2.32. The molecular formula is C20H22O2. The van der Waals surface area contributed by atoms with Crippen LogP contribution in [0.4, 0.5) is 0 Å². The lowest BCUT2D eigenvalue weighted by atomic mass is 9.92. The normalized spacial score (nSPS) is 12.5. The lowest BCUT2D eigenvalue weighted by Gasteiger charge is -2.12. The van der Waals surface area contributed by atoms with E-state index in [0.29, 0.717) is 5.92 Å². The van der Waals surface area contributed by atoms with Gasteiger partial charge in [0.05, 0.1) is 7.11 Å². The van der Waals surface area contributed by atoms with E-state index >= 15 is 0 Å². The molecule has 0 radical (unpaired) electrons. The third-order valence-electron chi connectivity index (χ3n) is 4.33. The molecule has 0 aliphatic rings. The summed E-state index contributed by atoms with van der Waals surface area (Å²) < 4.78 is 11.2. The molecule has 0 aliphatic heterocycles. The van der Waals surface area contributed by atoms with Crippen LogP contribution >= 0.6 is 0 Å². The predicted molar refractivity (Wildman–Crippen MR) is 91.6 cm³/mol. The van der Waals surface area contributed by atoms with Gasteiger partial charge in [-0.15, -0.1) is 0 Å². The summed E-state index contributed by atoms with van der Waals surface area (Å²) in [6.07, 6.45) is 1.10. The number of benzene rings is 2. The molecule has 1 aromatic heterocycles. The lowest BCUT2D eigenvalue weighted by Crippen LogP contribution is -1.93. The maximum absolute atomic E-state index is 5.93. The smallest absolute Gasteiger partial charge is 0.137 e. The van der Waals surface area contributed by atoms with E-state index in [2.05, 4.69) is 44.2 Å². The number of hydrogen-bond donors (Lipinski definition) is 0. The maximum atomic E-state index is 5.93. The fourth-order valence-electron chi connectivity index (χ4n) is 2.85. The summed E-state index contributed by atoms with van der Waals surface area (Å²) in [4.78, 5) is 0. The summed E-state index contributed by atoms with van der Waals surface area (Å²) in [5.41, 5.74) is 4.75. The van der Waals surface area contributed by atoms with Crippen LogP contribution in [-0.2, 0) is 0 Å². The molecule has 0 N–H and O–H groups in total. The monoisotopic (exact) mass is 294 g/mol. The van der Waals surface area contributed by atoms with E-state index < -0.39 is 0 Å². The number of hydrogen-bond acceptors (Lipinski definition) is 2. The molecule has 0 aliphatic carbocycles. The third kappa shape index (κ3) is 2.61. The van der Waals surface area contributed by atoms with E-state index in [4.69, 9.17) is 9.15 Å². The van der Waals surface area contributed by atoms with E-state index in [1.165, 1.54) is 22.1 Å². The number of rotatable bonds is 4. The Bertz CT molecular complexity index is 781. The van der Waals surface area contributed by atoms with Gasteiger partial charge in [0.15, 0.2) is 0 Å². The molecule has 1 heterocycles. The minimum absolute atomic E-state index is 0.478. The van der Waals surface area contributed by atoms with E-state index in [0.717, 1.165) is 23.5 Å². The van der Waals surface area contributed by atoms with Crippen molar-refractivity contribution in [3.8, 4) is 16.9 Å². The van der Waals surface area contributed by atoms with Gasteiger partial charge >= 0.3 is 0 Å². The highest BCUT2D eigenvalue weighted by Crippen LogP contribution is 2.35. The highest BCUT2D eigenvalue weighted by molar-refractivity contribution is 5.87. The topological polar surface area (TPSA) is 22.4 Å². The molecule has 0 saturated heterocycles. The van der Waals surface area contributed by atoms with Crippen LogP contribution in [0.15, 0.2) is 46.9 Å². The lowest BCUT2D eigenvalue weighted by molar-refractivity contribution is 0.415. The first-order chi connectivity index (χ1) is 10.6. The molecule has 2 aromatic carbocycles. The van der Waals surface area contributed by atoms with E-state index in [1.54, 1.807) is 7.11 Å². The largest absolute Gasteiger partial charge is 0.497 e. The van der Waals surface area contributed by atoms with Crippen molar-refractivity contribution in [1.29, 1.82) is 0 Å². The van der Waals surface area contributed by atoms with Gasteiger partial charge in [-0.3, -0.25) is 0 Å². The summed E-state index contributed by atoms with van der Waals surface area (Å²) >= 11 is 0. The zero-order valence-electron chi connectivity index (χ0n) is 13.6. The molecule has 114 valence electrons. The van der Waals surface area contributed by atoms with Crippen LogP contribution in [0.1, 0.15) is 37.5 Å². The summed E-state index contributed by atoms with van der Waals surface area (Å²) in [5, 5.41) is 1.18. The second-order valence-corrected chi connectivity index (χ2v) is 5.88. The second kappa shape index (κ2) is 5.88. The molecule has 1 atom stereocenters. The van der Waals surface area contributed by atoms with E-state index in [1.807, 2.05) is 19.1 Å². The van der Waals surface area contributed by atoms with Gasteiger partial charge < -0.3 is 9.15 Å². The Morgan fingerprint density at radius 1 is 1.05 bits per heavy atom. The zero-order chi connectivity index (χ0) is 15.7. The van der Waals surface area contributed by atoms with Crippen LogP contribution < -0.4 is 4.74 Å². The van der Waals surface area contributed by atoms with Crippen molar-refractivity contribution in [1.82, 2.24) is 0 Å². The summed E-state index contributed by atoms with van der Waals surface area (Å²) in [7, 11) is 1.69. The molecule has 3 rings (SSSR count). The Morgan fingerprint density at radius 2 is 1.77 bits per heavy atom. The standard InChI is InChI=1S/C20H22O2/c1-5-13(2)19-12-16(11-17-10-14(3)22-20(17)19)15-6-8-18(21-4)9-7-15/h6-13H,5H2,1-4H3. The number of ether oxygens (including phenoxy) is 1. The maximum Gasteiger partial charge on any atom is 0.137 e. The van der Waals surface area contributed by atoms with Gasteiger partial charge in [0.2, 0.25) is 0 Å². The average molecular weight is 294 g/mol. The minimum atomic E-state index is 0.478. The quantitative estimate of drug-likeness (QED) is 0.595. The van der Waals surface area contributed by atoms with Crippen molar-refractivity contribution < 1.29 is 9.15 Å². The number of methoxy groups -OCH3 is 1. The SMILES string of the molecule is CCC(C)c1cc(-c2ccc(OC)cc2)cc2cc(C)oc12. The Balaban J connectivity index is 2.16. The van der Waals surface area contributed by atoms with Crippen molar-refractivity contribution in [3.05, 3.63) is 53.8 Å². The van der Waals surface area contributed by atoms with Crippen molar-refractivity contribution >= 4 is 11.0 Å². The highest BCUT2D eigenvalue weighted by Gasteiger charge is 2.14. The molecule has 1 unspecified atom stereocenters. The fourth-order valence-corrected chi connectivity index (χ4v) is 2.85. The van der Waals surface area contributed by atoms with Gasteiger partial charge in [-0.25, -0.2) is 0 Å². The van der Waals surface area contributed by atoms with Crippen molar-refractivity contribution in [2.45, 2.75) is 33.1 Å². The van der Waals surface area contributed by atoms with Gasteiger partial charge in [0.25, 0.3) is 0 Å². The van der Waals surface area contributed by atoms with Gasteiger partial charge in [0.1, 0.15) is 17.1 Å². The van der Waals surface area contributed by atoms with Crippen LogP contribution in [0.3, 0.4) is 0 Å². The molecule has 3 aromatic rings. The first-order valence-electron chi connectivity index (χ1n) is 7.81. The summed E-state index contributed by atoms with van der Waals surface area (Å²) in [6, 6.07) is 14.8. The fraction of sp³-hybridized carbons (Fsp3) is 0.300. The molecule has 0 fully saturated rings. The molecule has 0 amide bonds. The van der Waals surface area contributed by atoms with Crippen molar-refractivity contribution in [3.63, 3.8) is 0 Å². The number of aryl methyl sites for hydroxylation is 1. The first kappa shape index (κ1) is 14.7. The minimum Gasteiger partial charge on any atom is -0.497 e. The van der Waals surface area contributed by atoms with Gasteiger partial charge in [-0.1, -0.05) is 26.0 Å². The average Bonchev–Trinajstić information content (AvgIpc) is 2.93. The summed E-state index contributed by atoms with van der Waals surface area (Å²) in [6.45, 7) is 6.48. The van der Waals surface area contributed by atoms with Gasteiger partial charge in [-0.05, 0) is 66.3 Å². The third-order valence-corrected chi connectivity index (χ3v) is 4.33. The van der Waals surface area contributed by atoms with Crippen LogP contribution in [0, 0.1) is 6.92 Å². The Labute approximate surface area is 131 Å². The molecular weight excluding hydrogens is 272 g/mol. The van der Waals surface area contributed by atoms with Crippen LogP contribution in [0.5, 0.6) is 5.75 Å². The molecule has 22 heavy (non-hydrogen) atoms. The van der Waals surface area contributed by atoms with Crippen molar-refractivity contribution in [2.75, 3.05) is 7.11 Å². The molecule has 2 nitrogen and oxygen atoms in total. The van der Waals surface area contributed by atoms with E-state index in [9.17, 15) is 0 Å². The molecule has 2 heteroatoms. The molecule has 0 spiro atoms. The van der Waals surface area contributed by atoms with Crippen LogP contribution in [-0.4, -0.2) is 7.11 Å². The highest BCUT2D eigenvalue weighted by atomic mass is 16.5. The molecule has 0 bridgehead atoms. The van der Waals surface area contributed by atoms with Gasteiger partial charge in [-0.2, -0.15) is 0 Å². The molecule has 0 saturated carbocycles. The van der Waals surface area contributed by atoms with Crippen molar-refractivity contribution in [2.24, 2.45) is 0 Å². The first-order valence-corrected chi connectivity index (χ1v) is 7.81.